The molecule has 0 radical (unpaired) electrons. The number of aryl methyl sites for hydroxylation is 1. The number of thioether (sulfide) groups is 1. The second kappa shape index (κ2) is 3.42. The number of amides is 1. The van der Waals surface area contributed by atoms with Crippen LogP contribution in [0.4, 0.5) is 5.69 Å². The lowest BCUT2D eigenvalue weighted by atomic mass is 10.1. The van der Waals surface area contributed by atoms with Crippen LogP contribution < -0.4 is 5.32 Å². The molecule has 0 aliphatic carbocycles. The maximum Gasteiger partial charge on any atom is 0.234 e. The monoisotopic (exact) mass is 193 g/mol. The first kappa shape index (κ1) is 8.63. The molecule has 1 aromatic carbocycles. The summed E-state index contributed by atoms with van der Waals surface area (Å²) < 4.78 is 0. The van der Waals surface area contributed by atoms with Crippen molar-refractivity contribution in [3.63, 3.8) is 0 Å². The van der Waals surface area contributed by atoms with Gasteiger partial charge in [-0.1, -0.05) is 19.1 Å². The van der Waals surface area contributed by atoms with Gasteiger partial charge in [0.1, 0.15) is 0 Å². The Morgan fingerprint density at radius 2 is 2.38 bits per heavy atom. The molecule has 3 heteroatoms. The zero-order valence-corrected chi connectivity index (χ0v) is 8.28. The van der Waals surface area contributed by atoms with Gasteiger partial charge in [-0.25, -0.2) is 0 Å². The predicted octanol–water partition coefficient (Wildman–Crippen LogP) is 2.29. The van der Waals surface area contributed by atoms with Crippen LogP contribution in [-0.4, -0.2) is 11.7 Å². The number of fused-ring (bicyclic) bond motifs is 1. The smallest absolute Gasteiger partial charge is 0.234 e. The molecule has 0 atom stereocenters. The summed E-state index contributed by atoms with van der Waals surface area (Å²) in [4.78, 5) is 12.4. The Morgan fingerprint density at radius 1 is 1.54 bits per heavy atom. The number of para-hydroxylation sites is 1. The van der Waals surface area contributed by atoms with Crippen LogP contribution in [0.3, 0.4) is 0 Å². The molecule has 0 saturated heterocycles. The molecule has 1 aliphatic rings. The SMILES string of the molecule is CCc1cccc2c1NC(=O)CS2. The van der Waals surface area contributed by atoms with Crippen molar-refractivity contribution in [2.45, 2.75) is 18.2 Å². The molecule has 0 unspecified atom stereocenters. The van der Waals surface area contributed by atoms with Crippen LogP contribution in [0.1, 0.15) is 12.5 Å². The average Bonchev–Trinajstić information content (AvgIpc) is 2.17. The number of rotatable bonds is 1. The summed E-state index contributed by atoms with van der Waals surface area (Å²) in [6.07, 6.45) is 0.962. The van der Waals surface area contributed by atoms with E-state index in [1.807, 2.05) is 6.07 Å². The Hall–Kier alpha value is -0.960. The van der Waals surface area contributed by atoms with E-state index in [2.05, 4.69) is 24.4 Å². The summed E-state index contributed by atoms with van der Waals surface area (Å²) in [5, 5.41) is 2.92. The van der Waals surface area contributed by atoms with E-state index in [9.17, 15) is 4.79 Å². The van der Waals surface area contributed by atoms with Crippen LogP contribution in [0, 0.1) is 0 Å². The molecule has 1 aromatic rings. The van der Waals surface area contributed by atoms with Crippen molar-refractivity contribution in [3.05, 3.63) is 23.8 Å². The first-order valence-electron chi connectivity index (χ1n) is 4.36. The molecule has 1 amide bonds. The van der Waals surface area contributed by atoms with Gasteiger partial charge in [-0.3, -0.25) is 4.79 Å². The number of carbonyl (C=O) groups excluding carboxylic acids is 1. The van der Waals surface area contributed by atoms with Crippen molar-refractivity contribution >= 4 is 23.4 Å². The molecule has 0 spiro atoms. The highest BCUT2D eigenvalue weighted by molar-refractivity contribution is 8.00. The van der Waals surface area contributed by atoms with Crippen molar-refractivity contribution in [1.29, 1.82) is 0 Å². The lowest BCUT2D eigenvalue weighted by Crippen LogP contribution is -2.19. The molecule has 1 N–H and O–H groups in total. The van der Waals surface area contributed by atoms with Crippen LogP contribution in [0.2, 0.25) is 0 Å². The minimum Gasteiger partial charge on any atom is -0.324 e. The van der Waals surface area contributed by atoms with Gasteiger partial charge in [0.15, 0.2) is 0 Å². The lowest BCUT2D eigenvalue weighted by Gasteiger charge is -2.18. The number of hydrogen-bond donors (Lipinski definition) is 1. The molecular formula is C10H11NOS. The summed E-state index contributed by atoms with van der Waals surface area (Å²) >= 11 is 1.61. The zero-order valence-electron chi connectivity index (χ0n) is 7.46. The second-order valence-electron chi connectivity index (χ2n) is 2.98. The Labute approximate surface area is 81.7 Å². The van der Waals surface area contributed by atoms with Gasteiger partial charge in [0.25, 0.3) is 0 Å². The van der Waals surface area contributed by atoms with E-state index in [0.717, 1.165) is 12.1 Å². The maximum atomic E-state index is 11.2. The molecule has 13 heavy (non-hydrogen) atoms. The molecule has 68 valence electrons. The topological polar surface area (TPSA) is 29.1 Å². The van der Waals surface area contributed by atoms with Gasteiger partial charge in [-0.2, -0.15) is 0 Å². The van der Waals surface area contributed by atoms with Gasteiger partial charge in [-0.15, -0.1) is 11.8 Å². The molecule has 0 bridgehead atoms. The normalized spacial score (nSPS) is 15.0. The molecule has 2 nitrogen and oxygen atoms in total. The number of carbonyl (C=O) groups is 1. The Balaban J connectivity index is 2.46. The average molecular weight is 193 g/mol. The third-order valence-electron chi connectivity index (χ3n) is 2.12. The summed E-state index contributed by atoms with van der Waals surface area (Å²) in [5.41, 5.74) is 2.24. The van der Waals surface area contributed by atoms with Crippen LogP contribution in [0.15, 0.2) is 23.1 Å². The third kappa shape index (κ3) is 1.56. The largest absolute Gasteiger partial charge is 0.324 e. The van der Waals surface area contributed by atoms with Gasteiger partial charge in [0.2, 0.25) is 5.91 Å². The molecular weight excluding hydrogens is 182 g/mol. The fourth-order valence-electron chi connectivity index (χ4n) is 1.45. The minimum atomic E-state index is 0.110. The zero-order chi connectivity index (χ0) is 9.26. The fourth-order valence-corrected chi connectivity index (χ4v) is 2.31. The Bertz CT molecular complexity index is 335. The van der Waals surface area contributed by atoms with Gasteiger partial charge in [0, 0.05) is 4.90 Å². The molecule has 0 fully saturated rings. The van der Waals surface area contributed by atoms with E-state index in [4.69, 9.17) is 0 Å². The molecule has 0 aromatic heterocycles. The quantitative estimate of drug-likeness (QED) is 0.741. The van der Waals surface area contributed by atoms with E-state index < -0.39 is 0 Å². The predicted molar refractivity (Wildman–Crippen MR) is 55.2 cm³/mol. The van der Waals surface area contributed by atoms with Crippen molar-refractivity contribution in [1.82, 2.24) is 0 Å². The standard InChI is InChI=1S/C10H11NOS/c1-2-7-4-3-5-8-10(7)11-9(12)6-13-8/h3-5H,2,6H2,1H3,(H,11,12). The van der Waals surface area contributed by atoms with Crippen molar-refractivity contribution in [2.24, 2.45) is 0 Å². The highest BCUT2D eigenvalue weighted by atomic mass is 32.2. The van der Waals surface area contributed by atoms with Gasteiger partial charge < -0.3 is 5.32 Å². The van der Waals surface area contributed by atoms with E-state index in [0.29, 0.717) is 5.75 Å². The number of hydrogen-bond acceptors (Lipinski definition) is 2. The summed E-state index contributed by atoms with van der Waals surface area (Å²) in [5.74, 6) is 0.651. The third-order valence-corrected chi connectivity index (χ3v) is 3.17. The molecule has 1 heterocycles. The van der Waals surface area contributed by atoms with Crippen LogP contribution in [0.25, 0.3) is 0 Å². The first-order chi connectivity index (χ1) is 6.31. The van der Waals surface area contributed by atoms with Crippen molar-refractivity contribution in [2.75, 3.05) is 11.1 Å². The van der Waals surface area contributed by atoms with E-state index in [1.165, 1.54) is 10.5 Å². The van der Waals surface area contributed by atoms with E-state index >= 15 is 0 Å². The molecule has 1 aliphatic heterocycles. The Kier molecular flexibility index (Phi) is 2.27. The van der Waals surface area contributed by atoms with Crippen molar-refractivity contribution in [3.8, 4) is 0 Å². The van der Waals surface area contributed by atoms with E-state index in [-0.39, 0.29) is 5.91 Å². The number of benzene rings is 1. The van der Waals surface area contributed by atoms with E-state index in [1.54, 1.807) is 11.8 Å². The molecule has 0 saturated carbocycles. The van der Waals surface area contributed by atoms with Crippen molar-refractivity contribution < 1.29 is 4.79 Å². The number of anilines is 1. The second-order valence-corrected chi connectivity index (χ2v) is 4.00. The summed E-state index contributed by atoms with van der Waals surface area (Å²) in [7, 11) is 0. The maximum absolute atomic E-state index is 11.2. The highest BCUT2D eigenvalue weighted by Gasteiger charge is 2.16. The van der Waals surface area contributed by atoms with Gasteiger partial charge in [-0.05, 0) is 18.1 Å². The van der Waals surface area contributed by atoms with Gasteiger partial charge in [0.05, 0.1) is 11.4 Å². The molecule has 2 rings (SSSR count). The van der Waals surface area contributed by atoms with Crippen LogP contribution >= 0.6 is 11.8 Å². The van der Waals surface area contributed by atoms with Crippen LogP contribution in [-0.2, 0) is 11.2 Å². The lowest BCUT2D eigenvalue weighted by molar-refractivity contribution is -0.113. The van der Waals surface area contributed by atoms with Gasteiger partial charge >= 0.3 is 0 Å². The first-order valence-corrected chi connectivity index (χ1v) is 5.34. The summed E-state index contributed by atoms with van der Waals surface area (Å²) in [6.45, 7) is 2.10. The Morgan fingerprint density at radius 3 is 3.15 bits per heavy atom. The number of nitrogens with one attached hydrogen (secondary N) is 1. The van der Waals surface area contributed by atoms with Crippen LogP contribution in [0.5, 0.6) is 0 Å². The minimum absolute atomic E-state index is 0.110. The fraction of sp³-hybridized carbons (Fsp3) is 0.300. The summed E-state index contributed by atoms with van der Waals surface area (Å²) in [6, 6.07) is 6.16. The highest BCUT2D eigenvalue weighted by Crippen LogP contribution is 2.33.